The zero-order valence-corrected chi connectivity index (χ0v) is 12.9. The van der Waals surface area contributed by atoms with Gasteiger partial charge in [-0.15, -0.1) is 0 Å². The zero-order chi connectivity index (χ0) is 15.7. The number of hydrogen-bond acceptors (Lipinski definition) is 2. The molecule has 0 aliphatic rings. The lowest BCUT2D eigenvalue weighted by Crippen LogP contribution is -2.12. The Morgan fingerprint density at radius 1 is 1.14 bits per heavy atom. The fourth-order valence-electron chi connectivity index (χ4n) is 2.56. The molecule has 4 nitrogen and oxygen atoms in total. The van der Waals surface area contributed by atoms with Crippen molar-refractivity contribution in [3.8, 4) is 5.75 Å². The van der Waals surface area contributed by atoms with Crippen LogP contribution in [0.1, 0.15) is 21.5 Å². The van der Waals surface area contributed by atoms with E-state index in [9.17, 15) is 4.79 Å². The molecule has 3 aromatic rings. The molecule has 1 amide bonds. The average molecular weight is 294 g/mol. The second kappa shape index (κ2) is 5.56. The average Bonchev–Trinajstić information content (AvgIpc) is 2.93. The van der Waals surface area contributed by atoms with E-state index in [0.717, 1.165) is 27.9 Å². The van der Waals surface area contributed by atoms with Crippen molar-refractivity contribution in [2.75, 3.05) is 12.4 Å². The Kier molecular flexibility index (Phi) is 3.59. The summed E-state index contributed by atoms with van der Waals surface area (Å²) in [5.41, 5.74) is 4.56. The number of carbonyl (C=O) groups is 1. The summed E-state index contributed by atoms with van der Waals surface area (Å²) in [4.78, 5) is 15.6. The van der Waals surface area contributed by atoms with Gasteiger partial charge in [-0.2, -0.15) is 0 Å². The molecule has 0 aliphatic carbocycles. The minimum absolute atomic E-state index is 0.122. The first-order valence-electron chi connectivity index (χ1n) is 7.12. The van der Waals surface area contributed by atoms with Crippen LogP contribution in [0, 0.1) is 13.8 Å². The minimum atomic E-state index is -0.122. The third kappa shape index (κ3) is 2.55. The molecule has 0 unspecified atom stereocenters. The fourth-order valence-corrected chi connectivity index (χ4v) is 2.56. The number of aryl methyl sites for hydroxylation is 2. The first kappa shape index (κ1) is 14.2. The molecule has 2 N–H and O–H groups in total. The van der Waals surface area contributed by atoms with Crippen LogP contribution in [0.2, 0.25) is 0 Å². The number of benzene rings is 2. The van der Waals surface area contributed by atoms with Crippen LogP contribution in [0.4, 0.5) is 5.69 Å². The van der Waals surface area contributed by atoms with Crippen LogP contribution in [0.15, 0.2) is 42.6 Å². The smallest absolute Gasteiger partial charge is 0.257 e. The molecule has 0 radical (unpaired) electrons. The predicted molar refractivity (Wildman–Crippen MR) is 88.7 cm³/mol. The van der Waals surface area contributed by atoms with Crippen molar-refractivity contribution in [3.63, 3.8) is 0 Å². The Hall–Kier alpha value is -2.75. The van der Waals surface area contributed by atoms with Crippen molar-refractivity contribution in [1.29, 1.82) is 0 Å². The largest absolute Gasteiger partial charge is 0.497 e. The number of ether oxygens (including phenoxy) is 1. The van der Waals surface area contributed by atoms with Crippen molar-refractivity contribution >= 4 is 22.5 Å². The van der Waals surface area contributed by atoms with Crippen molar-refractivity contribution in [1.82, 2.24) is 4.98 Å². The summed E-state index contributed by atoms with van der Waals surface area (Å²) in [5, 5.41) is 3.85. The predicted octanol–water partition coefficient (Wildman–Crippen LogP) is 4.05. The van der Waals surface area contributed by atoms with Crippen molar-refractivity contribution < 1.29 is 9.53 Å². The Labute approximate surface area is 129 Å². The van der Waals surface area contributed by atoms with Crippen molar-refractivity contribution in [3.05, 3.63) is 59.3 Å². The lowest BCUT2D eigenvalue weighted by atomic mass is 10.1. The lowest BCUT2D eigenvalue weighted by Gasteiger charge is -2.08. The van der Waals surface area contributed by atoms with Gasteiger partial charge in [0, 0.05) is 28.9 Å². The standard InChI is InChI=1S/C18H18N2O2/c1-11-4-7-16(12(2)8-11)20-18(21)15-10-19-17-9-13(22-3)5-6-14(15)17/h4-10,19H,1-3H3,(H,20,21). The van der Waals surface area contributed by atoms with E-state index < -0.39 is 0 Å². The highest BCUT2D eigenvalue weighted by molar-refractivity contribution is 6.13. The van der Waals surface area contributed by atoms with Crippen LogP contribution < -0.4 is 10.1 Å². The summed E-state index contributed by atoms with van der Waals surface area (Å²) in [6.07, 6.45) is 1.73. The SMILES string of the molecule is COc1ccc2c(C(=O)Nc3ccc(C)cc3C)c[nH]c2c1. The number of methoxy groups -OCH3 is 1. The Morgan fingerprint density at radius 3 is 2.68 bits per heavy atom. The Bertz CT molecular complexity index is 849. The number of anilines is 1. The number of carbonyl (C=O) groups excluding carboxylic acids is 1. The van der Waals surface area contributed by atoms with Crippen molar-refractivity contribution in [2.24, 2.45) is 0 Å². The van der Waals surface area contributed by atoms with Gasteiger partial charge >= 0.3 is 0 Å². The van der Waals surface area contributed by atoms with Gasteiger partial charge in [-0.05, 0) is 37.6 Å². The number of H-pyrrole nitrogens is 1. The highest BCUT2D eigenvalue weighted by Gasteiger charge is 2.13. The number of rotatable bonds is 3. The topological polar surface area (TPSA) is 54.1 Å². The van der Waals surface area contributed by atoms with E-state index in [4.69, 9.17) is 4.74 Å². The van der Waals surface area contributed by atoms with Crippen LogP contribution in [0.5, 0.6) is 5.75 Å². The number of hydrogen-bond donors (Lipinski definition) is 2. The second-order valence-corrected chi connectivity index (χ2v) is 5.39. The molecule has 0 aliphatic heterocycles. The van der Waals surface area contributed by atoms with E-state index in [1.165, 1.54) is 5.56 Å². The molecule has 1 aromatic heterocycles. The summed E-state index contributed by atoms with van der Waals surface area (Å²) in [7, 11) is 1.62. The molecule has 0 saturated heterocycles. The quantitative estimate of drug-likeness (QED) is 0.765. The summed E-state index contributed by atoms with van der Waals surface area (Å²) < 4.78 is 5.19. The molecular weight excluding hydrogens is 276 g/mol. The zero-order valence-electron chi connectivity index (χ0n) is 12.9. The molecule has 0 fully saturated rings. The highest BCUT2D eigenvalue weighted by atomic mass is 16.5. The van der Waals surface area contributed by atoms with Crippen LogP contribution in [-0.2, 0) is 0 Å². The van der Waals surface area contributed by atoms with Crippen LogP contribution in [-0.4, -0.2) is 18.0 Å². The summed E-state index contributed by atoms with van der Waals surface area (Å²) in [5.74, 6) is 0.638. The summed E-state index contributed by atoms with van der Waals surface area (Å²) >= 11 is 0. The number of fused-ring (bicyclic) bond motifs is 1. The summed E-state index contributed by atoms with van der Waals surface area (Å²) in [6.45, 7) is 4.02. The normalized spacial score (nSPS) is 10.7. The van der Waals surface area contributed by atoms with Gasteiger partial charge in [-0.25, -0.2) is 0 Å². The fraction of sp³-hybridized carbons (Fsp3) is 0.167. The van der Waals surface area contributed by atoms with Crippen LogP contribution in [0.25, 0.3) is 10.9 Å². The molecule has 0 spiro atoms. The number of aromatic nitrogens is 1. The van der Waals surface area contributed by atoms with Gasteiger partial charge in [0.25, 0.3) is 5.91 Å². The molecule has 0 bridgehead atoms. The highest BCUT2D eigenvalue weighted by Crippen LogP contribution is 2.24. The number of nitrogens with one attached hydrogen (secondary N) is 2. The van der Waals surface area contributed by atoms with Gasteiger partial charge in [-0.1, -0.05) is 17.7 Å². The van der Waals surface area contributed by atoms with Gasteiger partial charge in [0.2, 0.25) is 0 Å². The molecule has 2 aromatic carbocycles. The first-order chi connectivity index (χ1) is 10.6. The Morgan fingerprint density at radius 2 is 1.95 bits per heavy atom. The minimum Gasteiger partial charge on any atom is -0.497 e. The summed E-state index contributed by atoms with van der Waals surface area (Å²) in [6, 6.07) is 11.6. The van der Waals surface area contributed by atoms with E-state index in [1.54, 1.807) is 13.3 Å². The number of amides is 1. The van der Waals surface area contributed by atoms with Gasteiger partial charge in [0.15, 0.2) is 0 Å². The van der Waals surface area contributed by atoms with Crippen LogP contribution in [0.3, 0.4) is 0 Å². The number of aromatic amines is 1. The van der Waals surface area contributed by atoms with Crippen LogP contribution >= 0.6 is 0 Å². The van der Waals surface area contributed by atoms with Gasteiger partial charge in [-0.3, -0.25) is 4.79 Å². The molecule has 3 rings (SSSR count). The molecule has 0 atom stereocenters. The lowest BCUT2D eigenvalue weighted by molar-refractivity contribution is 0.102. The Balaban J connectivity index is 1.92. The molecule has 4 heteroatoms. The molecule has 112 valence electrons. The maximum absolute atomic E-state index is 12.5. The van der Waals surface area contributed by atoms with E-state index in [0.29, 0.717) is 5.56 Å². The van der Waals surface area contributed by atoms with E-state index in [2.05, 4.69) is 16.4 Å². The third-order valence-corrected chi connectivity index (χ3v) is 3.76. The van der Waals surface area contributed by atoms with E-state index >= 15 is 0 Å². The first-order valence-corrected chi connectivity index (χ1v) is 7.12. The third-order valence-electron chi connectivity index (χ3n) is 3.76. The second-order valence-electron chi connectivity index (χ2n) is 5.39. The molecule has 0 saturated carbocycles. The maximum atomic E-state index is 12.5. The van der Waals surface area contributed by atoms with Gasteiger partial charge in [0.05, 0.1) is 12.7 Å². The van der Waals surface area contributed by atoms with Crippen molar-refractivity contribution in [2.45, 2.75) is 13.8 Å². The molecular formula is C18H18N2O2. The van der Waals surface area contributed by atoms with Gasteiger partial charge < -0.3 is 15.0 Å². The molecule has 1 heterocycles. The maximum Gasteiger partial charge on any atom is 0.257 e. The van der Waals surface area contributed by atoms with E-state index in [1.807, 2.05) is 44.2 Å². The monoisotopic (exact) mass is 294 g/mol. The van der Waals surface area contributed by atoms with Gasteiger partial charge in [0.1, 0.15) is 5.75 Å². The van der Waals surface area contributed by atoms with E-state index in [-0.39, 0.29) is 5.91 Å². The molecule has 22 heavy (non-hydrogen) atoms.